The zero-order valence-electron chi connectivity index (χ0n) is 16.5. The second kappa shape index (κ2) is 11.7. The van der Waals surface area contributed by atoms with Gasteiger partial charge in [-0.1, -0.05) is 19.3 Å². The molecule has 0 aromatic rings. The number of aliphatic imine (C=N–C) groups is 1. The molecule has 0 aromatic carbocycles. The number of hydrogen-bond donors (Lipinski definition) is 1. The van der Waals surface area contributed by atoms with Crippen LogP contribution in [-0.2, 0) is 9.47 Å². The first-order valence-corrected chi connectivity index (χ1v) is 10.0. The Kier molecular flexibility index (Phi) is 9.58. The molecule has 2 aliphatic rings. The maximum absolute atomic E-state index is 5.93. The first kappa shape index (κ1) is 20.5. The van der Waals surface area contributed by atoms with E-state index in [-0.39, 0.29) is 12.2 Å². The molecule has 2 fully saturated rings. The summed E-state index contributed by atoms with van der Waals surface area (Å²) in [6.45, 7) is 5.64. The van der Waals surface area contributed by atoms with Gasteiger partial charge in [0.25, 0.3) is 0 Å². The summed E-state index contributed by atoms with van der Waals surface area (Å²) in [7, 11) is 6.16. The minimum atomic E-state index is 0.187. The lowest BCUT2D eigenvalue weighted by molar-refractivity contribution is -0.0816. The Labute approximate surface area is 153 Å². The molecular formula is C19H38N4O2. The van der Waals surface area contributed by atoms with Crippen LogP contribution in [-0.4, -0.2) is 88.5 Å². The Bertz CT molecular complexity index is 384. The van der Waals surface area contributed by atoms with Crippen molar-refractivity contribution in [3.05, 3.63) is 0 Å². The zero-order chi connectivity index (χ0) is 17.9. The van der Waals surface area contributed by atoms with Crippen LogP contribution in [0.5, 0.6) is 0 Å². The second-order valence-corrected chi connectivity index (χ2v) is 7.45. The van der Waals surface area contributed by atoms with Gasteiger partial charge in [0.1, 0.15) is 6.10 Å². The summed E-state index contributed by atoms with van der Waals surface area (Å²) < 4.78 is 11.7. The number of ether oxygens (including phenoxy) is 2. The fraction of sp³-hybridized carbons (Fsp3) is 0.947. The minimum Gasteiger partial charge on any atom is -0.375 e. The van der Waals surface area contributed by atoms with E-state index in [4.69, 9.17) is 9.47 Å². The third-order valence-electron chi connectivity index (χ3n) is 5.05. The Morgan fingerprint density at radius 1 is 1.08 bits per heavy atom. The Hall–Kier alpha value is -0.850. The van der Waals surface area contributed by atoms with Crippen LogP contribution in [0.25, 0.3) is 0 Å². The van der Waals surface area contributed by atoms with Gasteiger partial charge in [0.05, 0.1) is 12.7 Å². The Morgan fingerprint density at radius 3 is 2.56 bits per heavy atom. The van der Waals surface area contributed by atoms with Gasteiger partial charge in [0.15, 0.2) is 5.96 Å². The summed E-state index contributed by atoms with van der Waals surface area (Å²) in [6, 6.07) is 0. The monoisotopic (exact) mass is 354 g/mol. The topological polar surface area (TPSA) is 49.3 Å². The van der Waals surface area contributed by atoms with Crippen molar-refractivity contribution in [3.8, 4) is 0 Å². The smallest absolute Gasteiger partial charge is 0.193 e. The van der Waals surface area contributed by atoms with E-state index in [9.17, 15) is 0 Å². The largest absolute Gasteiger partial charge is 0.375 e. The molecule has 146 valence electrons. The summed E-state index contributed by atoms with van der Waals surface area (Å²) in [5, 5.41) is 3.53. The molecule has 1 N–H and O–H groups in total. The highest BCUT2D eigenvalue weighted by molar-refractivity contribution is 5.80. The third-order valence-corrected chi connectivity index (χ3v) is 5.05. The van der Waals surface area contributed by atoms with E-state index in [2.05, 4.69) is 34.2 Å². The number of hydrogen-bond acceptors (Lipinski definition) is 4. The van der Waals surface area contributed by atoms with Crippen LogP contribution in [0.1, 0.15) is 44.9 Å². The number of unbranched alkanes of at least 4 members (excludes halogenated alkanes) is 4. The predicted molar refractivity (Wildman–Crippen MR) is 103 cm³/mol. The highest BCUT2D eigenvalue weighted by Gasteiger charge is 2.32. The lowest BCUT2D eigenvalue weighted by Crippen LogP contribution is -2.53. The molecule has 2 atom stereocenters. The van der Waals surface area contributed by atoms with E-state index in [0.717, 1.165) is 51.6 Å². The molecule has 0 saturated carbocycles. The highest BCUT2D eigenvalue weighted by Crippen LogP contribution is 2.21. The first-order chi connectivity index (χ1) is 12.2. The molecule has 0 amide bonds. The summed E-state index contributed by atoms with van der Waals surface area (Å²) in [5.74, 6) is 1.01. The van der Waals surface area contributed by atoms with Gasteiger partial charge in [0.2, 0.25) is 0 Å². The quantitative estimate of drug-likeness (QED) is 0.390. The van der Waals surface area contributed by atoms with E-state index >= 15 is 0 Å². The number of nitrogens with zero attached hydrogens (tertiary/aromatic N) is 3. The first-order valence-electron chi connectivity index (χ1n) is 10.0. The number of guanidine groups is 1. The highest BCUT2D eigenvalue weighted by atomic mass is 16.5. The van der Waals surface area contributed by atoms with Gasteiger partial charge in [-0.15, -0.1) is 0 Å². The molecule has 0 aliphatic carbocycles. The summed E-state index contributed by atoms with van der Waals surface area (Å²) in [5.41, 5.74) is 0. The normalized spacial score (nSPS) is 25.0. The van der Waals surface area contributed by atoms with Crippen LogP contribution >= 0.6 is 0 Å². The average Bonchev–Trinajstić information content (AvgIpc) is 3.15. The standard InChI is InChI=1S/C19H38N4O2/c1-20-19(21-11-7-5-4-6-8-12-22(2)3)23-13-15-25-18(16-23)17-10-9-14-24-17/h17-18H,4-16H2,1-3H3,(H,20,21). The van der Waals surface area contributed by atoms with E-state index in [1.807, 2.05) is 7.05 Å². The van der Waals surface area contributed by atoms with Crippen LogP contribution < -0.4 is 5.32 Å². The van der Waals surface area contributed by atoms with E-state index in [0.29, 0.717) is 0 Å². The van der Waals surface area contributed by atoms with Crippen LogP contribution in [0.3, 0.4) is 0 Å². The predicted octanol–water partition coefficient (Wildman–Crippen LogP) is 1.95. The molecule has 0 spiro atoms. The van der Waals surface area contributed by atoms with Gasteiger partial charge in [0, 0.05) is 33.3 Å². The van der Waals surface area contributed by atoms with Gasteiger partial charge in [-0.3, -0.25) is 4.99 Å². The van der Waals surface area contributed by atoms with Crippen LogP contribution in [0.2, 0.25) is 0 Å². The molecule has 6 nitrogen and oxygen atoms in total. The molecule has 0 aromatic heterocycles. The number of nitrogens with one attached hydrogen (secondary N) is 1. The van der Waals surface area contributed by atoms with Gasteiger partial charge >= 0.3 is 0 Å². The lowest BCUT2D eigenvalue weighted by Gasteiger charge is -2.37. The van der Waals surface area contributed by atoms with E-state index in [1.54, 1.807) is 0 Å². The van der Waals surface area contributed by atoms with Gasteiger partial charge in [-0.2, -0.15) is 0 Å². The fourth-order valence-electron chi connectivity index (χ4n) is 3.60. The molecule has 25 heavy (non-hydrogen) atoms. The second-order valence-electron chi connectivity index (χ2n) is 7.45. The number of morpholine rings is 1. The summed E-state index contributed by atoms with van der Waals surface area (Å²) in [4.78, 5) is 9.06. The third kappa shape index (κ3) is 7.50. The Balaban J connectivity index is 1.59. The Morgan fingerprint density at radius 2 is 1.84 bits per heavy atom. The maximum Gasteiger partial charge on any atom is 0.193 e. The van der Waals surface area contributed by atoms with Gasteiger partial charge in [-0.05, 0) is 46.3 Å². The molecule has 0 bridgehead atoms. The van der Waals surface area contributed by atoms with Crippen LogP contribution in [0.4, 0.5) is 0 Å². The van der Waals surface area contributed by atoms with Crippen molar-refractivity contribution in [1.29, 1.82) is 0 Å². The molecule has 6 heteroatoms. The zero-order valence-corrected chi connectivity index (χ0v) is 16.5. The summed E-state index contributed by atoms with van der Waals surface area (Å²) in [6.07, 6.45) is 9.20. The van der Waals surface area contributed by atoms with Gasteiger partial charge in [-0.25, -0.2) is 0 Å². The maximum atomic E-state index is 5.93. The lowest BCUT2D eigenvalue weighted by atomic mass is 10.1. The van der Waals surface area contributed by atoms with Crippen molar-refractivity contribution in [2.45, 2.75) is 57.2 Å². The molecule has 0 radical (unpaired) electrons. The molecular weight excluding hydrogens is 316 g/mol. The molecule has 2 heterocycles. The average molecular weight is 355 g/mol. The van der Waals surface area contributed by atoms with Crippen molar-refractivity contribution in [2.75, 3.05) is 60.5 Å². The fourth-order valence-corrected chi connectivity index (χ4v) is 3.60. The number of rotatable bonds is 9. The van der Waals surface area contributed by atoms with Crippen molar-refractivity contribution < 1.29 is 9.47 Å². The SMILES string of the molecule is CN=C(NCCCCCCCN(C)C)N1CCOC(C2CCCO2)C1. The molecule has 2 rings (SSSR count). The van der Waals surface area contributed by atoms with Gasteiger partial charge < -0.3 is 24.6 Å². The van der Waals surface area contributed by atoms with Crippen LogP contribution in [0.15, 0.2) is 4.99 Å². The van der Waals surface area contributed by atoms with Crippen molar-refractivity contribution in [2.24, 2.45) is 4.99 Å². The van der Waals surface area contributed by atoms with Crippen molar-refractivity contribution in [1.82, 2.24) is 15.1 Å². The molecule has 2 saturated heterocycles. The van der Waals surface area contributed by atoms with Crippen LogP contribution in [0, 0.1) is 0 Å². The van der Waals surface area contributed by atoms with E-state index < -0.39 is 0 Å². The molecule has 2 aliphatic heterocycles. The summed E-state index contributed by atoms with van der Waals surface area (Å²) >= 11 is 0. The van der Waals surface area contributed by atoms with E-state index in [1.165, 1.54) is 38.6 Å². The van der Waals surface area contributed by atoms with Crippen molar-refractivity contribution >= 4 is 5.96 Å². The van der Waals surface area contributed by atoms with Crippen molar-refractivity contribution in [3.63, 3.8) is 0 Å². The minimum absolute atomic E-state index is 0.187. The molecule has 2 unspecified atom stereocenters.